The van der Waals surface area contributed by atoms with Gasteiger partial charge < -0.3 is 19.3 Å². The quantitative estimate of drug-likeness (QED) is 0.800. The van der Waals surface area contributed by atoms with Gasteiger partial charge in [0.2, 0.25) is 5.91 Å². The fourth-order valence-electron chi connectivity index (χ4n) is 3.18. The van der Waals surface area contributed by atoms with Crippen LogP contribution in [0, 0.1) is 0 Å². The minimum atomic E-state index is 0.180. The molecule has 1 saturated heterocycles. The maximum atomic E-state index is 12.6. The molecule has 2 aromatic rings. The number of carbonyl (C=O) groups is 1. The summed E-state index contributed by atoms with van der Waals surface area (Å²) >= 11 is 0. The minimum Gasteiger partial charge on any atom is -0.497 e. The van der Waals surface area contributed by atoms with Crippen molar-refractivity contribution in [1.29, 1.82) is 0 Å². The number of anilines is 1. The van der Waals surface area contributed by atoms with Crippen molar-refractivity contribution < 1.29 is 14.3 Å². The van der Waals surface area contributed by atoms with Crippen LogP contribution in [0.1, 0.15) is 12.5 Å². The summed E-state index contributed by atoms with van der Waals surface area (Å²) < 4.78 is 10.7. The SMILES string of the molecule is CCOc1ccc(CC(=O)N2CCN(c3cccc(OC)c3)CC2)cc1. The fraction of sp³-hybridized carbons (Fsp3) is 0.381. The predicted molar refractivity (Wildman–Crippen MR) is 103 cm³/mol. The number of ether oxygens (including phenoxy) is 2. The van der Waals surface area contributed by atoms with Gasteiger partial charge in [-0.1, -0.05) is 18.2 Å². The van der Waals surface area contributed by atoms with Crippen molar-refractivity contribution in [2.24, 2.45) is 0 Å². The van der Waals surface area contributed by atoms with E-state index in [4.69, 9.17) is 9.47 Å². The lowest BCUT2D eigenvalue weighted by Gasteiger charge is -2.36. The molecule has 1 amide bonds. The summed E-state index contributed by atoms with van der Waals surface area (Å²) in [6.07, 6.45) is 0.436. The third-order valence-corrected chi connectivity index (χ3v) is 4.64. The Bertz CT molecular complexity index is 722. The van der Waals surface area contributed by atoms with Gasteiger partial charge in [-0.2, -0.15) is 0 Å². The summed E-state index contributed by atoms with van der Waals surface area (Å²) in [5.41, 5.74) is 2.16. The first-order valence-corrected chi connectivity index (χ1v) is 9.08. The zero-order valence-corrected chi connectivity index (χ0v) is 15.5. The molecule has 0 aromatic heterocycles. The Kier molecular flexibility index (Phi) is 6.00. The summed E-state index contributed by atoms with van der Waals surface area (Å²) in [6.45, 7) is 5.77. The number of piperazine rings is 1. The van der Waals surface area contributed by atoms with Crippen molar-refractivity contribution in [2.45, 2.75) is 13.3 Å². The molecule has 138 valence electrons. The Hall–Kier alpha value is -2.69. The van der Waals surface area contributed by atoms with Crippen molar-refractivity contribution in [3.63, 3.8) is 0 Å². The number of carbonyl (C=O) groups excluding carboxylic acids is 1. The van der Waals surface area contributed by atoms with E-state index in [-0.39, 0.29) is 5.91 Å². The number of amides is 1. The molecule has 2 aromatic carbocycles. The number of hydrogen-bond donors (Lipinski definition) is 0. The molecule has 0 radical (unpaired) electrons. The molecule has 0 unspecified atom stereocenters. The van der Waals surface area contributed by atoms with Gasteiger partial charge in [-0.25, -0.2) is 0 Å². The number of rotatable bonds is 6. The lowest BCUT2D eigenvalue weighted by molar-refractivity contribution is -0.130. The highest BCUT2D eigenvalue weighted by Crippen LogP contribution is 2.22. The van der Waals surface area contributed by atoms with Crippen LogP contribution in [-0.4, -0.2) is 50.7 Å². The van der Waals surface area contributed by atoms with Gasteiger partial charge in [-0.15, -0.1) is 0 Å². The maximum absolute atomic E-state index is 12.6. The molecule has 0 bridgehead atoms. The smallest absolute Gasteiger partial charge is 0.227 e. The standard InChI is InChI=1S/C21H26N2O3/c1-3-26-19-9-7-17(8-10-19)15-21(24)23-13-11-22(12-14-23)18-5-4-6-20(16-18)25-2/h4-10,16H,3,11-15H2,1-2H3. The van der Waals surface area contributed by atoms with Crippen molar-refractivity contribution >= 4 is 11.6 Å². The Labute approximate surface area is 155 Å². The summed E-state index contributed by atoms with van der Waals surface area (Å²) in [6, 6.07) is 15.8. The zero-order chi connectivity index (χ0) is 18.4. The van der Waals surface area contributed by atoms with E-state index in [0.29, 0.717) is 13.0 Å². The second kappa shape index (κ2) is 8.61. The third kappa shape index (κ3) is 4.48. The van der Waals surface area contributed by atoms with Crippen LogP contribution in [0.15, 0.2) is 48.5 Å². The molecule has 0 N–H and O–H groups in total. The number of hydrogen-bond acceptors (Lipinski definition) is 4. The molecule has 26 heavy (non-hydrogen) atoms. The molecule has 5 heteroatoms. The number of nitrogens with zero attached hydrogens (tertiary/aromatic N) is 2. The third-order valence-electron chi connectivity index (χ3n) is 4.64. The van der Waals surface area contributed by atoms with Gasteiger partial charge in [-0.05, 0) is 36.8 Å². The normalized spacial score (nSPS) is 14.2. The molecule has 3 rings (SSSR count). The van der Waals surface area contributed by atoms with Crippen molar-refractivity contribution in [3.8, 4) is 11.5 Å². The molecule has 1 aliphatic rings. The highest BCUT2D eigenvalue weighted by atomic mass is 16.5. The van der Waals surface area contributed by atoms with Gasteiger partial charge >= 0.3 is 0 Å². The van der Waals surface area contributed by atoms with E-state index in [1.54, 1.807) is 7.11 Å². The Morgan fingerprint density at radius 3 is 2.38 bits per heavy atom. The lowest BCUT2D eigenvalue weighted by atomic mass is 10.1. The second-order valence-electron chi connectivity index (χ2n) is 6.32. The van der Waals surface area contributed by atoms with Crippen LogP contribution < -0.4 is 14.4 Å². The molecule has 1 aliphatic heterocycles. The predicted octanol–water partition coefficient (Wildman–Crippen LogP) is 2.99. The molecule has 1 fully saturated rings. The molecule has 0 aliphatic carbocycles. The largest absolute Gasteiger partial charge is 0.497 e. The molecule has 5 nitrogen and oxygen atoms in total. The Morgan fingerprint density at radius 2 is 1.73 bits per heavy atom. The van der Waals surface area contributed by atoms with Crippen LogP contribution in [0.3, 0.4) is 0 Å². The maximum Gasteiger partial charge on any atom is 0.227 e. The van der Waals surface area contributed by atoms with E-state index >= 15 is 0 Å². The monoisotopic (exact) mass is 354 g/mol. The van der Waals surface area contributed by atoms with E-state index < -0.39 is 0 Å². The van der Waals surface area contributed by atoms with Gasteiger partial charge in [0.25, 0.3) is 0 Å². The first kappa shape index (κ1) is 18.1. The fourth-order valence-corrected chi connectivity index (χ4v) is 3.18. The van der Waals surface area contributed by atoms with E-state index in [9.17, 15) is 4.79 Å². The van der Waals surface area contributed by atoms with Crippen LogP contribution in [-0.2, 0) is 11.2 Å². The highest BCUT2D eigenvalue weighted by Gasteiger charge is 2.21. The average Bonchev–Trinajstić information content (AvgIpc) is 2.70. The summed E-state index contributed by atoms with van der Waals surface area (Å²) in [4.78, 5) is 16.8. The Balaban J connectivity index is 1.53. The van der Waals surface area contributed by atoms with Gasteiger partial charge in [-0.3, -0.25) is 4.79 Å². The second-order valence-corrected chi connectivity index (χ2v) is 6.32. The van der Waals surface area contributed by atoms with Crippen LogP contribution in [0.4, 0.5) is 5.69 Å². The van der Waals surface area contributed by atoms with Crippen LogP contribution in [0.2, 0.25) is 0 Å². The van der Waals surface area contributed by atoms with Gasteiger partial charge in [0.05, 0.1) is 20.1 Å². The molecule has 0 saturated carbocycles. The summed E-state index contributed by atoms with van der Waals surface area (Å²) in [5.74, 6) is 1.88. The molecule has 0 atom stereocenters. The molecular formula is C21H26N2O3. The zero-order valence-electron chi connectivity index (χ0n) is 15.5. The van der Waals surface area contributed by atoms with Crippen molar-refractivity contribution in [2.75, 3.05) is 44.8 Å². The summed E-state index contributed by atoms with van der Waals surface area (Å²) in [5, 5.41) is 0. The highest BCUT2D eigenvalue weighted by molar-refractivity contribution is 5.79. The molecule has 0 spiro atoms. The van der Waals surface area contributed by atoms with E-state index in [2.05, 4.69) is 11.0 Å². The Morgan fingerprint density at radius 1 is 1.00 bits per heavy atom. The first-order valence-electron chi connectivity index (χ1n) is 9.08. The van der Waals surface area contributed by atoms with E-state index in [1.807, 2.05) is 54.3 Å². The topological polar surface area (TPSA) is 42.0 Å². The first-order chi connectivity index (χ1) is 12.7. The lowest BCUT2D eigenvalue weighted by Crippen LogP contribution is -2.49. The van der Waals surface area contributed by atoms with Crippen molar-refractivity contribution in [1.82, 2.24) is 4.90 Å². The number of methoxy groups -OCH3 is 1. The van der Waals surface area contributed by atoms with Crippen LogP contribution in [0.25, 0.3) is 0 Å². The summed E-state index contributed by atoms with van der Waals surface area (Å²) in [7, 11) is 1.68. The number of benzene rings is 2. The van der Waals surface area contributed by atoms with Crippen LogP contribution >= 0.6 is 0 Å². The minimum absolute atomic E-state index is 0.180. The van der Waals surface area contributed by atoms with E-state index in [1.165, 1.54) is 0 Å². The van der Waals surface area contributed by atoms with Crippen molar-refractivity contribution in [3.05, 3.63) is 54.1 Å². The van der Waals surface area contributed by atoms with Gasteiger partial charge in [0.1, 0.15) is 11.5 Å². The van der Waals surface area contributed by atoms with Gasteiger partial charge in [0.15, 0.2) is 0 Å². The molecule has 1 heterocycles. The van der Waals surface area contributed by atoms with Gasteiger partial charge in [0, 0.05) is 37.9 Å². The van der Waals surface area contributed by atoms with Crippen LogP contribution in [0.5, 0.6) is 11.5 Å². The average molecular weight is 354 g/mol. The molecular weight excluding hydrogens is 328 g/mol. The van der Waals surface area contributed by atoms with E-state index in [0.717, 1.165) is 48.9 Å².